The van der Waals surface area contributed by atoms with Gasteiger partial charge in [-0.15, -0.1) is 0 Å². The molecule has 1 unspecified atom stereocenters. The van der Waals surface area contributed by atoms with Crippen LogP contribution in [0.15, 0.2) is 24.3 Å². The first-order valence-electron chi connectivity index (χ1n) is 6.81. The number of halogens is 1. The van der Waals surface area contributed by atoms with E-state index in [-0.39, 0.29) is 0 Å². The Hall–Kier alpha value is -0.130. The van der Waals surface area contributed by atoms with E-state index in [4.69, 9.17) is 4.74 Å². The fourth-order valence-corrected chi connectivity index (χ4v) is 3.03. The number of rotatable bonds is 5. The molecule has 1 aliphatic carbocycles. The summed E-state index contributed by atoms with van der Waals surface area (Å²) in [4.78, 5) is 0. The predicted octanol–water partition coefficient (Wildman–Crippen LogP) is 2.99. The van der Waals surface area contributed by atoms with Crippen LogP contribution in [0.2, 0.25) is 0 Å². The molecule has 2 fully saturated rings. The highest BCUT2D eigenvalue weighted by atomic mass is 127. The van der Waals surface area contributed by atoms with Gasteiger partial charge in [-0.3, -0.25) is 0 Å². The van der Waals surface area contributed by atoms with E-state index in [9.17, 15) is 0 Å². The van der Waals surface area contributed by atoms with Crippen molar-refractivity contribution in [1.29, 1.82) is 0 Å². The van der Waals surface area contributed by atoms with Gasteiger partial charge in [-0.2, -0.15) is 0 Å². The summed E-state index contributed by atoms with van der Waals surface area (Å²) in [6.45, 7) is 2.96. The molecule has 2 aliphatic rings. The molecule has 1 aliphatic heterocycles. The second-order valence-electron chi connectivity index (χ2n) is 5.76. The van der Waals surface area contributed by atoms with Gasteiger partial charge in [-0.25, -0.2) is 0 Å². The summed E-state index contributed by atoms with van der Waals surface area (Å²) in [5.74, 6) is 0. The monoisotopic (exact) mass is 357 g/mol. The third-order valence-electron chi connectivity index (χ3n) is 4.02. The van der Waals surface area contributed by atoms with Crippen molar-refractivity contribution < 1.29 is 4.74 Å². The minimum absolute atomic E-state index is 0.329. The maximum atomic E-state index is 5.67. The van der Waals surface area contributed by atoms with Crippen LogP contribution < -0.4 is 5.32 Å². The zero-order chi connectivity index (χ0) is 12.4. The molecule has 0 spiro atoms. The second-order valence-corrected chi connectivity index (χ2v) is 7.01. The molecule has 1 heterocycles. The Bertz CT molecular complexity index is 393. The van der Waals surface area contributed by atoms with E-state index < -0.39 is 0 Å². The lowest BCUT2D eigenvalue weighted by Gasteiger charge is -2.28. The van der Waals surface area contributed by atoms with Crippen LogP contribution >= 0.6 is 22.6 Å². The molecule has 18 heavy (non-hydrogen) atoms. The highest BCUT2D eigenvalue weighted by molar-refractivity contribution is 14.1. The molecular formula is C15H20INO. The van der Waals surface area contributed by atoms with E-state index in [2.05, 4.69) is 52.2 Å². The summed E-state index contributed by atoms with van der Waals surface area (Å²) >= 11 is 2.36. The Morgan fingerprint density at radius 1 is 1.28 bits per heavy atom. The van der Waals surface area contributed by atoms with Gasteiger partial charge in [-0.05, 0) is 66.0 Å². The maximum absolute atomic E-state index is 5.67. The largest absolute Gasteiger partial charge is 0.381 e. The van der Waals surface area contributed by atoms with Crippen LogP contribution in [-0.2, 0) is 11.2 Å². The zero-order valence-corrected chi connectivity index (χ0v) is 12.8. The Labute approximate surface area is 123 Å². The molecule has 2 nitrogen and oxygen atoms in total. The number of benzene rings is 1. The molecule has 1 aromatic carbocycles. The zero-order valence-electron chi connectivity index (χ0n) is 10.6. The van der Waals surface area contributed by atoms with Crippen LogP contribution in [0, 0.1) is 8.99 Å². The SMILES string of the molecule is Ic1ccc(CC2(CNC3CC3)CCOC2)cc1. The van der Waals surface area contributed by atoms with E-state index >= 15 is 0 Å². The predicted molar refractivity (Wildman–Crippen MR) is 81.8 cm³/mol. The van der Waals surface area contributed by atoms with Crippen molar-refractivity contribution in [3.05, 3.63) is 33.4 Å². The molecule has 1 atom stereocenters. The molecule has 1 aromatic rings. The molecule has 3 heteroatoms. The molecule has 1 saturated heterocycles. The van der Waals surface area contributed by atoms with E-state index in [1.807, 2.05) is 0 Å². The van der Waals surface area contributed by atoms with Gasteiger partial charge in [0, 0.05) is 28.2 Å². The first kappa shape index (κ1) is 12.9. The standard InChI is InChI=1S/C15H20INO/c16-13-3-1-12(2-4-13)9-15(7-8-18-11-15)10-17-14-5-6-14/h1-4,14,17H,5-11H2. The Morgan fingerprint density at radius 3 is 2.67 bits per heavy atom. The first-order valence-corrected chi connectivity index (χ1v) is 7.89. The van der Waals surface area contributed by atoms with E-state index in [0.717, 1.165) is 32.2 Å². The summed E-state index contributed by atoms with van der Waals surface area (Å²) in [5, 5.41) is 3.69. The fourth-order valence-electron chi connectivity index (χ4n) is 2.67. The average molecular weight is 357 g/mol. The van der Waals surface area contributed by atoms with Crippen LogP contribution in [0.5, 0.6) is 0 Å². The third kappa shape index (κ3) is 3.25. The van der Waals surface area contributed by atoms with Gasteiger partial charge in [0.15, 0.2) is 0 Å². The van der Waals surface area contributed by atoms with Gasteiger partial charge >= 0.3 is 0 Å². The molecule has 1 N–H and O–H groups in total. The van der Waals surface area contributed by atoms with Crippen molar-refractivity contribution in [1.82, 2.24) is 5.32 Å². The Kier molecular flexibility index (Phi) is 3.91. The number of hydrogen-bond donors (Lipinski definition) is 1. The van der Waals surface area contributed by atoms with Crippen molar-refractivity contribution in [2.75, 3.05) is 19.8 Å². The highest BCUT2D eigenvalue weighted by Gasteiger charge is 2.36. The third-order valence-corrected chi connectivity index (χ3v) is 4.74. The summed E-state index contributed by atoms with van der Waals surface area (Å²) in [6.07, 6.45) is 5.06. The van der Waals surface area contributed by atoms with E-state index in [1.165, 1.54) is 28.4 Å². The van der Waals surface area contributed by atoms with Crippen LogP contribution in [0.3, 0.4) is 0 Å². The van der Waals surface area contributed by atoms with Crippen molar-refractivity contribution in [3.8, 4) is 0 Å². The van der Waals surface area contributed by atoms with Crippen molar-refractivity contribution in [3.63, 3.8) is 0 Å². The molecule has 3 rings (SSSR count). The highest BCUT2D eigenvalue weighted by Crippen LogP contribution is 2.33. The molecule has 0 amide bonds. The molecule has 1 saturated carbocycles. The van der Waals surface area contributed by atoms with Gasteiger partial charge in [0.2, 0.25) is 0 Å². The summed E-state index contributed by atoms with van der Waals surface area (Å²) < 4.78 is 6.98. The summed E-state index contributed by atoms with van der Waals surface area (Å²) in [7, 11) is 0. The van der Waals surface area contributed by atoms with Crippen molar-refractivity contribution in [2.24, 2.45) is 5.41 Å². The molecule has 98 valence electrons. The van der Waals surface area contributed by atoms with E-state index in [1.54, 1.807) is 0 Å². The van der Waals surface area contributed by atoms with E-state index in [0.29, 0.717) is 5.41 Å². The smallest absolute Gasteiger partial charge is 0.0538 e. The molecule has 0 aromatic heterocycles. The Morgan fingerprint density at radius 2 is 2.06 bits per heavy atom. The molecule has 0 radical (unpaired) electrons. The lowest BCUT2D eigenvalue weighted by Crippen LogP contribution is -2.37. The summed E-state index contributed by atoms with van der Waals surface area (Å²) in [6, 6.07) is 9.72. The minimum Gasteiger partial charge on any atom is -0.381 e. The average Bonchev–Trinajstić information content (AvgIpc) is 3.10. The van der Waals surface area contributed by atoms with Crippen LogP contribution in [0.4, 0.5) is 0 Å². The lowest BCUT2D eigenvalue weighted by atomic mass is 9.81. The quantitative estimate of drug-likeness (QED) is 0.819. The van der Waals surface area contributed by atoms with Crippen molar-refractivity contribution >= 4 is 22.6 Å². The minimum atomic E-state index is 0.329. The van der Waals surface area contributed by atoms with Crippen LogP contribution in [0.25, 0.3) is 0 Å². The molecular weight excluding hydrogens is 337 g/mol. The van der Waals surface area contributed by atoms with Crippen molar-refractivity contribution in [2.45, 2.75) is 31.7 Å². The number of nitrogens with one attached hydrogen (secondary N) is 1. The van der Waals surface area contributed by atoms with Gasteiger partial charge in [-0.1, -0.05) is 12.1 Å². The normalized spacial score (nSPS) is 27.6. The maximum Gasteiger partial charge on any atom is 0.0538 e. The second kappa shape index (κ2) is 5.47. The van der Waals surface area contributed by atoms with Gasteiger partial charge < -0.3 is 10.1 Å². The van der Waals surface area contributed by atoms with Crippen LogP contribution in [0.1, 0.15) is 24.8 Å². The first-order chi connectivity index (χ1) is 8.76. The molecule has 0 bridgehead atoms. The number of hydrogen-bond acceptors (Lipinski definition) is 2. The van der Waals surface area contributed by atoms with Gasteiger partial charge in [0.05, 0.1) is 6.61 Å². The Balaban J connectivity index is 1.66. The van der Waals surface area contributed by atoms with Gasteiger partial charge in [0.25, 0.3) is 0 Å². The van der Waals surface area contributed by atoms with Crippen LogP contribution in [-0.4, -0.2) is 25.8 Å². The topological polar surface area (TPSA) is 21.3 Å². The van der Waals surface area contributed by atoms with Gasteiger partial charge in [0.1, 0.15) is 0 Å². The lowest BCUT2D eigenvalue weighted by molar-refractivity contribution is 0.149. The fraction of sp³-hybridized carbons (Fsp3) is 0.600. The number of ether oxygens (including phenoxy) is 1. The summed E-state index contributed by atoms with van der Waals surface area (Å²) in [5.41, 5.74) is 1.77.